The molecule has 0 aromatic heterocycles. The Hall–Kier alpha value is -2.64. The predicted molar refractivity (Wildman–Crippen MR) is 110 cm³/mol. The van der Waals surface area contributed by atoms with Crippen LogP contribution in [0.15, 0.2) is 54.7 Å². The largest absolute Gasteiger partial charge is 0.357 e. The first-order valence-corrected chi connectivity index (χ1v) is 9.74. The molecule has 2 aliphatic heterocycles. The summed E-state index contributed by atoms with van der Waals surface area (Å²) in [5, 5.41) is 20.5. The summed E-state index contributed by atoms with van der Waals surface area (Å²) in [6.45, 7) is 1.54. The number of hydrogen-bond donors (Lipinski definition) is 0. The van der Waals surface area contributed by atoms with Crippen LogP contribution >= 0.6 is 22.6 Å². The van der Waals surface area contributed by atoms with Crippen molar-refractivity contribution >= 4 is 34.5 Å². The molecule has 2 aromatic carbocycles. The van der Waals surface area contributed by atoms with E-state index >= 15 is 0 Å². The molecular formula is C22H16IN3O. The van der Waals surface area contributed by atoms with Crippen molar-refractivity contribution in [2.24, 2.45) is 5.41 Å². The van der Waals surface area contributed by atoms with Gasteiger partial charge < -0.3 is 4.90 Å². The van der Waals surface area contributed by atoms with E-state index in [1.165, 1.54) is 0 Å². The number of carbonyl (C=O) groups is 1. The fourth-order valence-corrected chi connectivity index (χ4v) is 5.09. The molecule has 3 unspecified atom stereocenters. The van der Waals surface area contributed by atoms with Gasteiger partial charge in [0.2, 0.25) is 0 Å². The van der Waals surface area contributed by atoms with Crippen molar-refractivity contribution in [1.82, 2.24) is 4.90 Å². The van der Waals surface area contributed by atoms with Crippen LogP contribution in [0.25, 0.3) is 6.08 Å². The minimum atomic E-state index is -1.36. The molecule has 2 aromatic rings. The maximum Gasteiger partial charge on any atom is 0.177 e. The number of nitriles is 2. The molecule has 132 valence electrons. The smallest absolute Gasteiger partial charge is 0.177 e. The van der Waals surface area contributed by atoms with Gasteiger partial charge in [-0.05, 0) is 64.4 Å². The molecule has 2 aliphatic rings. The molecule has 0 N–H and O–H groups in total. The second-order valence-corrected chi connectivity index (χ2v) is 8.22. The van der Waals surface area contributed by atoms with Crippen LogP contribution in [0, 0.1) is 31.6 Å². The van der Waals surface area contributed by atoms with Crippen LogP contribution in [0.1, 0.15) is 35.6 Å². The Bertz CT molecular complexity index is 1030. The molecule has 1 fully saturated rings. The van der Waals surface area contributed by atoms with Crippen LogP contribution < -0.4 is 0 Å². The number of Topliss-reactive ketones (excluding diaryl/α,β-unsaturated/α-hetero) is 1. The van der Waals surface area contributed by atoms with Crippen molar-refractivity contribution in [3.8, 4) is 12.1 Å². The third kappa shape index (κ3) is 2.49. The number of fused-ring (bicyclic) bond motifs is 3. The summed E-state index contributed by atoms with van der Waals surface area (Å²) in [5.74, 6) is -0.569. The van der Waals surface area contributed by atoms with Gasteiger partial charge in [-0.1, -0.05) is 36.4 Å². The zero-order valence-corrected chi connectivity index (χ0v) is 16.8. The zero-order chi connectivity index (χ0) is 19.2. The molecule has 0 aliphatic carbocycles. The predicted octanol–water partition coefficient (Wildman–Crippen LogP) is 4.41. The third-order valence-electron chi connectivity index (χ3n) is 5.57. The highest BCUT2D eigenvalue weighted by Gasteiger charge is 2.63. The van der Waals surface area contributed by atoms with Crippen molar-refractivity contribution in [1.29, 1.82) is 10.5 Å². The minimum Gasteiger partial charge on any atom is -0.357 e. The molecule has 0 amide bonds. The summed E-state index contributed by atoms with van der Waals surface area (Å²) in [5.41, 5.74) is 1.40. The lowest BCUT2D eigenvalue weighted by atomic mass is 9.68. The number of carbonyl (C=O) groups excluding carboxylic acids is 1. The monoisotopic (exact) mass is 465 g/mol. The maximum atomic E-state index is 12.7. The van der Waals surface area contributed by atoms with E-state index in [2.05, 4.69) is 34.7 Å². The lowest BCUT2D eigenvalue weighted by Crippen LogP contribution is -2.36. The number of benzene rings is 2. The minimum absolute atomic E-state index is 0.0414. The summed E-state index contributed by atoms with van der Waals surface area (Å²) in [4.78, 5) is 14.6. The van der Waals surface area contributed by atoms with Crippen LogP contribution in [0.5, 0.6) is 0 Å². The van der Waals surface area contributed by atoms with E-state index in [1.54, 1.807) is 6.92 Å². The second kappa shape index (κ2) is 6.51. The van der Waals surface area contributed by atoms with Gasteiger partial charge in [0.25, 0.3) is 0 Å². The Labute approximate surface area is 171 Å². The van der Waals surface area contributed by atoms with Crippen molar-refractivity contribution in [3.63, 3.8) is 0 Å². The van der Waals surface area contributed by atoms with Crippen LogP contribution in [0.3, 0.4) is 0 Å². The summed E-state index contributed by atoms with van der Waals surface area (Å²) in [6, 6.07) is 19.2. The van der Waals surface area contributed by atoms with Crippen LogP contribution in [-0.2, 0) is 4.79 Å². The van der Waals surface area contributed by atoms with Crippen molar-refractivity contribution in [2.45, 2.75) is 24.9 Å². The van der Waals surface area contributed by atoms with Gasteiger partial charge in [0.15, 0.2) is 11.2 Å². The molecule has 4 nitrogen and oxygen atoms in total. The molecule has 27 heavy (non-hydrogen) atoms. The first-order chi connectivity index (χ1) is 13.0. The van der Waals surface area contributed by atoms with E-state index in [-0.39, 0.29) is 5.78 Å². The Morgan fingerprint density at radius 2 is 1.89 bits per heavy atom. The first kappa shape index (κ1) is 17.8. The van der Waals surface area contributed by atoms with Crippen LogP contribution in [0.2, 0.25) is 0 Å². The fourth-order valence-electron chi connectivity index (χ4n) is 4.53. The molecule has 2 heterocycles. The average molecular weight is 465 g/mol. The quantitative estimate of drug-likeness (QED) is 0.617. The Balaban J connectivity index is 2.02. The lowest BCUT2D eigenvalue weighted by molar-refractivity contribution is -0.121. The van der Waals surface area contributed by atoms with Crippen molar-refractivity contribution in [3.05, 3.63) is 75.0 Å². The maximum absolute atomic E-state index is 12.7. The highest BCUT2D eigenvalue weighted by Crippen LogP contribution is 2.59. The molecule has 1 saturated heterocycles. The Morgan fingerprint density at radius 3 is 2.56 bits per heavy atom. The van der Waals surface area contributed by atoms with Crippen LogP contribution in [-0.4, -0.2) is 16.7 Å². The second-order valence-electron chi connectivity index (χ2n) is 6.98. The SMILES string of the molecule is CC(=O)C1C(c2cccc(I)c2)C(C#N)(C#N)C2c3ccccc3C=CN12. The first-order valence-electron chi connectivity index (χ1n) is 8.66. The molecule has 0 bridgehead atoms. The average Bonchev–Trinajstić information content (AvgIpc) is 2.99. The number of rotatable bonds is 2. The lowest BCUT2D eigenvalue weighted by Gasteiger charge is -2.34. The summed E-state index contributed by atoms with van der Waals surface area (Å²) in [7, 11) is 0. The van der Waals surface area contributed by atoms with Gasteiger partial charge in [0.05, 0.1) is 24.2 Å². The highest BCUT2D eigenvalue weighted by atomic mass is 127. The third-order valence-corrected chi connectivity index (χ3v) is 6.24. The summed E-state index contributed by atoms with van der Waals surface area (Å²) < 4.78 is 1.01. The number of ketones is 1. The molecule has 3 atom stereocenters. The summed E-state index contributed by atoms with van der Waals surface area (Å²) >= 11 is 2.22. The number of hydrogen-bond acceptors (Lipinski definition) is 4. The highest BCUT2D eigenvalue weighted by molar-refractivity contribution is 14.1. The molecular weight excluding hydrogens is 449 g/mol. The van der Waals surface area contributed by atoms with E-state index in [4.69, 9.17) is 0 Å². The van der Waals surface area contributed by atoms with Crippen LogP contribution in [0.4, 0.5) is 0 Å². The zero-order valence-electron chi connectivity index (χ0n) is 14.6. The van der Waals surface area contributed by atoms with Gasteiger partial charge in [-0.2, -0.15) is 10.5 Å². The standard InChI is InChI=1S/C22H16IN3O/c1-14(27)20-19(16-6-4-7-17(23)11-16)22(12-24,13-25)21-18-8-3-2-5-15(18)9-10-26(20)21/h2-11,19-21H,1H3. The van der Waals surface area contributed by atoms with E-state index in [0.29, 0.717) is 0 Å². The fraction of sp³-hybridized carbons (Fsp3) is 0.227. The van der Waals surface area contributed by atoms with Gasteiger partial charge in [0, 0.05) is 15.7 Å². The molecule has 0 saturated carbocycles. The van der Waals surface area contributed by atoms with Gasteiger partial charge in [0.1, 0.15) is 0 Å². The van der Waals surface area contributed by atoms with Gasteiger partial charge >= 0.3 is 0 Å². The molecule has 4 rings (SSSR count). The Kier molecular flexibility index (Phi) is 4.28. The Morgan fingerprint density at radius 1 is 1.15 bits per heavy atom. The normalized spacial score (nSPS) is 24.4. The van der Waals surface area contributed by atoms with Crippen molar-refractivity contribution < 1.29 is 4.79 Å². The van der Waals surface area contributed by atoms with E-state index < -0.39 is 23.4 Å². The van der Waals surface area contributed by atoms with Gasteiger partial charge in [-0.25, -0.2) is 0 Å². The number of halogens is 1. The number of nitrogens with zero attached hydrogens (tertiary/aromatic N) is 3. The van der Waals surface area contributed by atoms with E-state index in [9.17, 15) is 15.3 Å². The molecule has 0 spiro atoms. The topological polar surface area (TPSA) is 67.9 Å². The van der Waals surface area contributed by atoms with Gasteiger partial charge in [-0.3, -0.25) is 4.79 Å². The van der Waals surface area contributed by atoms with Gasteiger partial charge in [-0.15, -0.1) is 0 Å². The molecule has 0 radical (unpaired) electrons. The summed E-state index contributed by atoms with van der Waals surface area (Å²) in [6.07, 6.45) is 3.83. The van der Waals surface area contributed by atoms with E-state index in [0.717, 1.165) is 20.3 Å². The van der Waals surface area contributed by atoms with E-state index in [1.807, 2.05) is 65.7 Å². The molecule has 5 heteroatoms. The van der Waals surface area contributed by atoms with Crippen molar-refractivity contribution in [2.75, 3.05) is 0 Å².